The summed E-state index contributed by atoms with van der Waals surface area (Å²) in [6.07, 6.45) is 0. The van der Waals surface area contributed by atoms with Gasteiger partial charge in [-0.2, -0.15) is 10.2 Å². The van der Waals surface area contributed by atoms with Crippen molar-refractivity contribution < 1.29 is 10.1 Å². The quantitative estimate of drug-likeness (QED) is 0.277. The molecule has 0 radical (unpaired) electrons. The zero-order chi connectivity index (χ0) is 14.4. The van der Waals surface area contributed by atoms with Crippen LogP contribution in [-0.2, 0) is 0 Å². The van der Waals surface area contributed by atoms with E-state index in [2.05, 4.69) is 53.5 Å². The van der Waals surface area contributed by atoms with Gasteiger partial charge in [-0.1, -0.05) is 12.1 Å². The van der Waals surface area contributed by atoms with E-state index < -0.39 is 0 Å². The molecule has 0 saturated heterocycles. The number of imidazole rings is 2. The van der Waals surface area contributed by atoms with E-state index in [1.54, 1.807) is 0 Å². The smallest absolute Gasteiger partial charge is 0.332 e. The summed E-state index contributed by atoms with van der Waals surface area (Å²) in [5.41, 5.74) is 5.58. The highest BCUT2D eigenvalue weighted by atomic mass is 127. The van der Waals surface area contributed by atoms with E-state index in [9.17, 15) is 0 Å². The Kier molecular flexibility index (Phi) is 2.82. The predicted octanol–water partition coefficient (Wildman–Crippen LogP) is 3.56. The van der Waals surface area contributed by atoms with Crippen LogP contribution < -0.4 is 4.89 Å². The fourth-order valence-electron chi connectivity index (χ4n) is 2.36. The zero-order valence-corrected chi connectivity index (χ0v) is 12.7. The van der Waals surface area contributed by atoms with Crippen LogP contribution in [0.3, 0.4) is 0 Å². The highest BCUT2D eigenvalue weighted by Gasteiger charge is 2.07. The van der Waals surface area contributed by atoms with Gasteiger partial charge in [-0.15, -0.1) is 0 Å². The maximum absolute atomic E-state index is 8.64. The van der Waals surface area contributed by atoms with E-state index in [1.807, 2.05) is 30.3 Å². The van der Waals surface area contributed by atoms with Crippen molar-refractivity contribution in [3.63, 3.8) is 0 Å². The van der Waals surface area contributed by atoms with Gasteiger partial charge in [-0.3, -0.25) is 4.89 Å². The lowest BCUT2D eigenvalue weighted by atomic mass is 10.0. The summed E-state index contributed by atoms with van der Waals surface area (Å²) in [5.74, 6) is 0. The molecular weight excluding hydrogens is 383 g/mol. The minimum Gasteiger partial charge on any atom is -0.333 e. The molecule has 104 valence electrons. The number of aromatic amines is 2. The third kappa shape index (κ3) is 2.14. The normalized spacial score (nSPS) is 11.3. The molecule has 0 spiro atoms. The highest BCUT2D eigenvalue weighted by molar-refractivity contribution is 14.1. The largest absolute Gasteiger partial charge is 0.333 e. The SMILES string of the molecule is OOc1nc2cc(-c3ccc4nc(I)[nH]c4c3)ccc2[nH]1. The maximum atomic E-state index is 8.64. The van der Waals surface area contributed by atoms with Gasteiger partial charge >= 0.3 is 6.01 Å². The molecule has 0 bridgehead atoms. The van der Waals surface area contributed by atoms with Crippen LogP contribution in [0.15, 0.2) is 36.4 Å². The Morgan fingerprint density at radius 3 is 2.57 bits per heavy atom. The molecule has 2 heterocycles. The molecule has 0 unspecified atom stereocenters. The third-order valence-electron chi connectivity index (χ3n) is 3.33. The summed E-state index contributed by atoms with van der Waals surface area (Å²) in [7, 11) is 0. The fraction of sp³-hybridized carbons (Fsp3) is 0. The Hall–Kier alpha value is -2.13. The molecule has 2 aromatic heterocycles. The summed E-state index contributed by atoms with van der Waals surface area (Å²) < 4.78 is 0.868. The molecular formula is C14H9IN4O2. The molecule has 0 aliphatic heterocycles. The van der Waals surface area contributed by atoms with Crippen LogP contribution >= 0.6 is 22.6 Å². The molecule has 3 N–H and O–H groups in total. The van der Waals surface area contributed by atoms with Crippen molar-refractivity contribution in [2.75, 3.05) is 0 Å². The van der Waals surface area contributed by atoms with Crippen molar-refractivity contribution >= 4 is 44.7 Å². The van der Waals surface area contributed by atoms with E-state index in [4.69, 9.17) is 5.26 Å². The summed E-state index contributed by atoms with van der Waals surface area (Å²) in [6, 6.07) is 12.0. The van der Waals surface area contributed by atoms with Crippen LogP contribution in [0.5, 0.6) is 6.01 Å². The van der Waals surface area contributed by atoms with Gasteiger partial charge in [-0.05, 0) is 58.0 Å². The van der Waals surface area contributed by atoms with E-state index in [-0.39, 0.29) is 6.01 Å². The number of H-pyrrole nitrogens is 2. The number of hydrogen-bond acceptors (Lipinski definition) is 4. The molecule has 4 aromatic rings. The van der Waals surface area contributed by atoms with Crippen molar-refractivity contribution in [3.05, 3.63) is 40.2 Å². The van der Waals surface area contributed by atoms with E-state index >= 15 is 0 Å². The number of rotatable bonds is 2. The first kappa shape index (κ1) is 12.6. The summed E-state index contributed by atoms with van der Waals surface area (Å²) in [6.45, 7) is 0. The second-order valence-corrected chi connectivity index (χ2v) is 5.65. The standard InChI is InChI=1S/C14H9IN4O2/c15-13-16-9-3-1-7(5-11(9)17-13)8-2-4-10-12(6-8)19-14(18-10)21-20/h1-6,20H,(H,16,17)(H,18,19). The lowest BCUT2D eigenvalue weighted by molar-refractivity contribution is -0.145. The average Bonchev–Trinajstić information content (AvgIpc) is 3.06. The van der Waals surface area contributed by atoms with Crippen LogP contribution in [0.1, 0.15) is 0 Å². The molecule has 0 amide bonds. The number of aromatic nitrogens is 4. The molecule has 0 aliphatic rings. The van der Waals surface area contributed by atoms with Crippen LogP contribution in [0.25, 0.3) is 33.2 Å². The van der Waals surface area contributed by atoms with Gasteiger partial charge < -0.3 is 9.97 Å². The van der Waals surface area contributed by atoms with Gasteiger partial charge in [0.25, 0.3) is 0 Å². The van der Waals surface area contributed by atoms with Gasteiger partial charge in [0.2, 0.25) is 0 Å². The molecule has 0 saturated carbocycles. The van der Waals surface area contributed by atoms with Crippen molar-refractivity contribution in [3.8, 4) is 17.1 Å². The van der Waals surface area contributed by atoms with Crippen molar-refractivity contribution in [2.45, 2.75) is 0 Å². The zero-order valence-electron chi connectivity index (χ0n) is 10.6. The minimum atomic E-state index is 0.0840. The van der Waals surface area contributed by atoms with Gasteiger partial charge in [0.15, 0.2) is 3.83 Å². The first-order valence-electron chi connectivity index (χ1n) is 6.20. The number of fused-ring (bicyclic) bond motifs is 2. The van der Waals surface area contributed by atoms with Gasteiger partial charge in [-0.25, -0.2) is 4.98 Å². The molecule has 0 atom stereocenters. The second-order valence-electron chi connectivity index (χ2n) is 4.62. The predicted molar refractivity (Wildman–Crippen MR) is 87.2 cm³/mol. The number of nitrogens with one attached hydrogen (secondary N) is 2. The molecule has 2 aromatic carbocycles. The Morgan fingerprint density at radius 2 is 1.71 bits per heavy atom. The monoisotopic (exact) mass is 392 g/mol. The Bertz CT molecular complexity index is 960. The minimum absolute atomic E-state index is 0.0840. The second kappa shape index (κ2) is 4.71. The molecule has 6 nitrogen and oxygen atoms in total. The van der Waals surface area contributed by atoms with Crippen LogP contribution in [0.2, 0.25) is 0 Å². The van der Waals surface area contributed by atoms with Crippen molar-refractivity contribution in [2.24, 2.45) is 0 Å². The van der Waals surface area contributed by atoms with Gasteiger partial charge in [0.1, 0.15) is 0 Å². The molecule has 0 fully saturated rings. The summed E-state index contributed by atoms with van der Waals surface area (Å²) in [5, 5.41) is 8.64. The van der Waals surface area contributed by atoms with Crippen LogP contribution in [-0.4, -0.2) is 25.2 Å². The number of benzene rings is 2. The molecule has 21 heavy (non-hydrogen) atoms. The number of hydrogen-bond donors (Lipinski definition) is 3. The third-order valence-corrected chi connectivity index (χ3v) is 3.85. The Balaban J connectivity index is 1.86. The number of nitrogens with zero attached hydrogens (tertiary/aromatic N) is 2. The van der Waals surface area contributed by atoms with Gasteiger partial charge in [0, 0.05) is 0 Å². The van der Waals surface area contributed by atoms with Crippen molar-refractivity contribution in [1.82, 2.24) is 19.9 Å². The van der Waals surface area contributed by atoms with Crippen molar-refractivity contribution in [1.29, 1.82) is 0 Å². The summed E-state index contributed by atoms with van der Waals surface area (Å²) in [4.78, 5) is 18.7. The average molecular weight is 392 g/mol. The topological polar surface area (TPSA) is 86.8 Å². The molecule has 0 aliphatic carbocycles. The fourth-order valence-corrected chi connectivity index (χ4v) is 2.91. The van der Waals surface area contributed by atoms with Crippen LogP contribution in [0.4, 0.5) is 0 Å². The Morgan fingerprint density at radius 1 is 0.905 bits per heavy atom. The number of halogens is 1. The lowest BCUT2D eigenvalue weighted by Crippen LogP contribution is -1.83. The highest BCUT2D eigenvalue weighted by Crippen LogP contribution is 2.27. The first-order chi connectivity index (χ1) is 10.2. The summed E-state index contributed by atoms with van der Waals surface area (Å²) >= 11 is 2.16. The Labute approximate surface area is 132 Å². The molecule has 4 rings (SSSR count). The first-order valence-corrected chi connectivity index (χ1v) is 7.27. The maximum Gasteiger partial charge on any atom is 0.332 e. The van der Waals surface area contributed by atoms with E-state index in [0.717, 1.165) is 37.0 Å². The van der Waals surface area contributed by atoms with E-state index in [1.165, 1.54) is 0 Å². The lowest BCUT2D eigenvalue weighted by Gasteiger charge is -2.01. The van der Waals surface area contributed by atoms with Crippen LogP contribution in [0, 0.1) is 3.83 Å². The van der Waals surface area contributed by atoms with Gasteiger partial charge in [0.05, 0.1) is 22.1 Å². The van der Waals surface area contributed by atoms with E-state index in [0.29, 0.717) is 0 Å². The molecule has 7 heteroatoms.